The molecule has 5 nitrogen and oxygen atoms in total. The van der Waals surface area contributed by atoms with Gasteiger partial charge in [0.25, 0.3) is 11.6 Å². The summed E-state index contributed by atoms with van der Waals surface area (Å²) in [6.45, 7) is 0. The summed E-state index contributed by atoms with van der Waals surface area (Å²) in [5, 5.41) is 0. The van der Waals surface area contributed by atoms with E-state index >= 15 is 0 Å². The highest BCUT2D eigenvalue weighted by Crippen LogP contribution is 2.08. The molecule has 1 saturated carbocycles. The molecular weight excluding hydrogens is 152 g/mol. The summed E-state index contributed by atoms with van der Waals surface area (Å²) in [4.78, 5) is 51.9. The van der Waals surface area contributed by atoms with E-state index in [0.29, 0.717) is 0 Å². The van der Waals surface area contributed by atoms with Gasteiger partial charge < -0.3 is 4.79 Å². The van der Waals surface area contributed by atoms with E-state index < -0.39 is 29.1 Å². The molecule has 0 bridgehead atoms. The highest BCUT2D eigenvalue weighted by molar-refractivity contribution is 6.87. The van der Waals surface area contributed by atoms with Gasteiger partial charge in [-0.15, -0.1) is 0 Å². The molecule has 56 valence electrons. The van der Waals surface area contributed by atoms with Gasteiger partial charge >= 0.3 is 0 Å². The molecule has 0 aromatic rings. The first kappa shape index (κ1) is 7.46. The second-order valence-electron chi connectivity index (χ2n) is 2.00. The number of carbonyl (C=O) groups is 5. The summed E-state index contributed by atoms with van der Waals surface area (Å²) in [6.07, 6.45) is 0.00741. The van der Waals surface area contributed by atoms with Gasteiger partial charge in [-0.05, 0) is 0 Å². The maximum Gasteiger partial charge on any atom is 0.273 e. The monoisotopic (exact) mass is 154 g/mol. The van der Waals surface area contributed by atoms with E-state index in [1.807, 2.05) is 0 Å². The van der Waals surface area contributed by atoms with Crippen LogP contribution in [-0.4, -0.2) is 29.4 Å². The number of hydrogen-bond donors (Lipinski definition) is 0. The van der Waals surface area contributed by atoms with Crippen LogP contribution < -0.4 is 0 Å². The van der Waals surface area contributed by atoms with E-state index in [0.717, 1.165) is 0 Å². The minimum Gasteiger partial charge on any atom is -0.302 e. The van der Waals surface area contributed by atoms with Gasteiger partial charge in [0.05, 0.1) is 0 Å². The van der Waals surface area contributed by atoms with Crippen LogP contribution in [0.1, 0.15) is 0 Å². The first-order chi connectivity index (χ1) is 5.09. The SMILES string of the molecule is O=CC1C(=O)C(=O)C(=O)C1=O. The molecule has 0 saturated heterocycles. The van der Waals surface area contributed by atoms with Crippen LogP contribution in [0.25, 0.3) is 0 Å². The zero-order valence-electron chi connectivity index (χ0n) is 5.20. The molecule has 0 amide bonds. The Morgan fingerprint density at radius 3 is 1.45 bits per heavy atom. The largest absolute Gasteiger partial charge is 0.302 e. The summed E-state index contributed by atoms with van der Waals surface area (Å²) in [7, 11) is 0. The lowest BCUT2D eigenvalue weighted by Crippen LogP contribution is -2.18. The number of rotatable bonds is 1. The van der Waals surface area contributed by atoms with Crippen LogP contribution in [-0.2, 0) is 24.0 Å². The van der Waals surface area contributed by atoms with Gasteiger partial charge in [0.1, 0.15) is 12.2 Å². The maximum absolute atomic E-state index is 10.5. The lowest BCUT2D eigenvalue weighted by Gasteiger charge is -1.86. The molecule has 0 spiro atoms. The molecule has 0 N–H and O–H groups in total. The van der Waals surface area contributed by atoms with Crippen molar-refractivity contribution in [1.82, 2.24) is 0 Å². The Hall–Kier alpha value is -1.65. The van der Waals surface area contributed by atoms with Crippen molar-refractivity contribution in [3.63, 3.8) is 0 Å². The van der Waals surface area contributed by atoms with Crippen LogP contribution in [0.15, 0.2) is 0 Å². The Morgan fingerprint density at radius 1 is 0.909 bits per heavy atom. The second-order valence-corrected chi connectivity index (χ2v) is 2.00. The van der Waals surface area contributed by atoms with Crippen LogP contribution >= 0.6 is 0 Å². The number of Topliss-reactive ketones (excluding diaryl/α,β-unsaturated/α-hetero) is 4. The van der Waals surface area contributed by atoms with E-state index in [4.69, 9.17) is 0 Å². The molecule has 0 heterocycles. The first-order valence-electron chi connectivity index (χ1n) is 2.71. The molecule has 11 heavy (non-hydrogen) atoms. The summed E-state index contributed by atoms with van der Waals surface area (Å²) in [6, 6.07) is 0. The van der Waals surface area contributed by atoms with Crippen LogP contribution in [0.4, 0.5) is 0 Å². The molecule has 1 aliphatic carbocycles. The zero-order chi connectivity index (χ0) is 8.59. The van der Waals surface area contributed by atoms with Crippen molar-refractivity contribution in [3.8, 4) is 0 Å². The number of ketones is 4. The third kappa shape index (κ3) is 0.813. The average Bonchev–Trinajstić information content (AvgIpc) is 2.17. The summed E-state index contributed by atoms with van der Waals surface area (Å²) in [5.41, 5.74) is 0. The zero-order valence-corrected chi connectivity index (χ0v) is 5.20. The minimum absolute atomic E-state index is 0.00741. The van der Waals surface area contributed by atoms with Gasteiger partial charge in [0, 0.05) is 0 Å². The topological polar surface area (TPSA) is 85.3 Å². The van der Waals surface area contributed by atoms with Crippen LogP contribution in [0, 0.1) is 5.92 Å². The van der Waals surface area contributed by atoms with E-state index in [1.165, 1.54) is 0 Å². The fraction of sp³-hybridized carbons (Fsp3) is 0.167. The summed E-state index contributed by atoms with van der Waals surface area (Å²) in [5.74, 6) is -6.86. The highest BCUT2D eigenvalue weighted by atomic mass is 16.2. The Morgan fingerprint density at radius 2 is 1.27 bits per heavy atom. The van der Waals surface area contributed by atoms with E-state index in [1.54, 1.807) is 0 Å². The smallest absolute Gasteiger partial charge is 0.273 e. The minimum atomic E-state index is -1.67. The molecule has 0 unspecified atom stereocenters. The molecule has 0 aromatic heterocycles. The van der Waals surface area contributed by atoms with Gasteiger partial charge in [-0.1, -0.05) is 0 Å². The predicted molar refractivity (Wildman–Crippen MR) is 29.6 cm³/mol. The Bertz CT molecular complexity index is 261. The lowest BCUT2D eigenvalue weighted by molar-refractivity contribution is -0.142. The molecule has 0 aliphatic heterocycles. The molecule has 5 heteroatoms. The molecule has 1 aliphatic rings. The Kier molecular flexibility index (Phi) is 1.48. The average molecular weight is 154 g/mol. The van der Waals surface area contributed by atoms with Gasteiger partial charge in [-0.2, -0.15) is 0 Å². The number of hydrogen-bond acceptors (Lipinski definition) is 5. The molecule has 1 rings (SSSR count). The predicted octanol–water partition coefficient (Wildman–Crippen LogP) is -1.91. The first-order valence-corrected chi connectivity index (χ1v) is 2.71. The normalized spacial score (nSPS) is 19.6. The summed E-state index contributed by atoms with van der Waals surface area (Å²) < 4.78 is 0. The van der Waals surface area contributed by atoms with Crippen molar-refractivity contribution in [2.75, 3.05) is 0 Å². The highest BCUT2D eigenvalue weighted by Gasteiger charge is 2.47. The third-order valence-corrected chi connectivity index (χ3v) is 1.35. The van der Waals surface area contributed by atoms with E-state index in [9.17, 15) is 24.0 Å². The molecule has 1 fully saturated rings. The maximum atomic E-state index is 10.5. The van der Waals surface area contributed by atoms with Crippen molar-refractivity contribution in [3.05, 3.63) is 0 Å². The standard InChI is InChI=1S/C6H2O5/c7-1-2-3(8)5(10)6(11)4(2)9/h1-2H. The van der Waals surface area contributed by atoms with Crippen molar-refractivity contribution in [2.24, 2.45) is 5.92 Å². The van der Waals surface area contributed by atoms with Crippen molar-refractivity contribution >= 4 is 29.4 Å². The van der Waals surface area contributed by atoms with Gasteiger partial charge in [-0.25, -0.2) is 0 Å². The molecular formula is C6H2O5. The Labute approximate surface area is 60.4 Å². The third-order valence-electron chi connectivity index (χ3n) is 1.35. The van der Waals surface area contributed by atoms with Gasteiger partial charge in [-0.3, -0.25) is 19.2 Å². The Balaban J connectivity index is 3.14. The van der Waals surface area contributed by atoms with E-state index in [-0.39, 0.29) is 6.29 Å². The van der Waals surface area contributed by atoms with Crippen molar-refractivity contribution in [2.45, 2.75) is 0 Å². The molecule has 0 aromatic carbocycles. The fourth-order valence-electron chi connectivity index (χ4n) is 0.749. The van der Waals surface area contributed by atoms with Crippen LogP contribution in [0.2, 0.25) is 0 Å². The molecule has 0 radical (unpaired) electrons. The number of carbonyl (C=O) groups excluding carboxylic acids is 5. The lowest BCUT2D eigenvalue weighted by atomic mass is 10.1. The fourth-order valence-corrected chi connectivity index (χ4v) is 0.749. The molecule has 0 atom stereocenters. The number of aldehydes is 1. The van der Waals surface area contributed by atoms with Crippen molar-refractivity contribution in [1.29, 1.82) is 0 Å². The second kappa shape index (κ2) is 2.19. The summed E-state index contributed by atoms with van der Waals surface area (Å²) >= 11 is 0. The van der Waals surface area contributed by atoms with Crippen molar-refractivity contribution < 1.29 is 24.0 Å². The van der Waals surface area contributed by atoms with Gasteiger partial charge in [0.2, 0.25) is 11.6 Å². The quantitative estimate of drug-likeness (QED) is 0.250. The van der Waals surface area contributed by atoms with E-state index in [2.05, 4.69) is 0 Å². The van der Waals surface area contributed by atoms with Crippen LogP contribution in [0.3, 0.4) is 0 Å². The van der Waals surface area contributed by atoms with Crippen LogP contribution in [0.5, 0.6) is 0 Å². The van der Waals surface area contributed by atoms with Gasteiger partial charge in [0.15, 0.2) is 0 Å².